The number of carbonyl (C=O) groups is 1. The minimum Gasteiger partial charge on any atom is -0.465 e. The SMILES string of the molecule is CCOC(=O)CN(CC)Cc1ccc2c(c1)OCO2. The van der Waals surface area contributed by atoms with E-state index in [9.17, 15) is 4.79 Å². The molecule has 0 bridgehead atoms. The van der Waals surface area contributed by atoms with E-state index in [1.807, 2.05) is 36.9 Å². The monoisotopic (exact) mass is 265 g/mol. The molecule has 0 saturated carbocycles. The van der Waals surface area contributed by atoms with Gasteiger partial charge in [-0.05, 0) is 31.2 Å². The minimum atomic E-state index is -0.190. The molecule has 0 aliphatic carbocycles. The van der Waals surface area contributed by atoms with E-state index in [1.165, 1.54) is 0 Å². The summed E-state index contributed by atoms with van der Waals surface area (Å²) in [6, 6.07) is 5.84. The molecule has 5 heteroatoms. The van der Waals surface area contributed by atoms with Crippen molar-refractivity contribution < 1.29 is 19.0 Å². The summed E-state index contributed by atoms with van der Waals surface area (Å²) < 4.78 is 15.6. The van der Waals surface area contributed by atoms with Gasteiger partial charge in [-0.3, -0.25) is 9.69 Å². The van der Waals surface area contributed by atoms with Crippen LogP contribution >= 0.6 is 0 Å². The zero-order chi connectivity index (χ0) is 13.7. The highest BCUT2D eigenvalue weighted by Crippen LogP contribution is 2.32. The van der Waals surface area contributed by atoms with Gasteiger partial charge in [0.1, 0.15) is 0 Å². The number of hydrogen-bond acceptors (Lipinski definition) is 5. The van der Waals surface area contributed by atoms with Crippen LogP contribution in [0.5, 0.6) is 11.5 Å². The van der Waals surface area contributed by atoms with Crippen LogP contribution in [0, 0.1) is 0 Å². The van der Waals surface area contributed by atoms with Gasteiger partial charge in [0.2, 0.25) is 6.79 Å². The zero-order valence-electron chi connectivity index (χ0n) is 11.3. The quantitative estimate of drug-likeness (QED) is 0.734. The van der Waals surface area contributed by atoms with E-state index in [4.69, 9.17) is 14.2 Å². The predicted octanol–water partition coefficient (Wildman–Crippen LogP) is 1.80. The standard InChI is InChI=1S/C14H19NO4/c1-3-15(9-14(16)17-4-2)8-11-5-6-12-13(7-11)19-10-18-12/h5-7H,3-4,8-10H2,1-2H3. The van der Waals surface area contributed by atoms with Gasteiger partial charge in [-0.25, -0.2) is 0 Å². The molecule has 0 N–H and O–H groups in total. The lowest BCUT2D eigenvalue weighted by Crippen LogP contribution is -2.30. The third-order valence-electron chi connectivity index (χ3n) is 2.95. The molecule has 0 unspecified atom stereocenters. The molecule has 104 valence electrons. The van der Waals surface area contributed by atoms with E-state index < -0.39 is 0 Å². The summed E-state index contributed by atoms with van der Waals surface area (Å²) in [6.45, 7) is 6.30. The third-order valence-corrected chi connectivity index (χ3v) is 2.95. The fraction of sp³-hybridized carbons (Fsp3) is 0.500. The number of nitrogens with zero attached hydrogens (tertiary/aromatic N) is 1. The van der Waals surface area contributed by atoms with E-state index in [0.717, 1.165) is 23.6 Å². The predicted molar refractivity (Wildman–Crippen MR) is 70.1 cm³/mol. The first kappa shape index (κ1) is 13.7. The van der Waals surface area contributed by atoms with Crippen molar-refractivity contribution in [2.45, 2.75) is 20.4 Å². The maximum Gasteiger partial charge on any atom is 0.320 e. The van der Waals surface area contributed by atoms with Crippen molar-refractivity contribution in [2.24, 2.45) is 0 Å². The van der Waals surface area contributed by atoms with Crippen LogP contribution in [0.3, 0.4) is 0 Å². The number of benzene rings is 1. The average Bonchev–Trinajstić information content (AvgIpc) is 2.85. The fourth-order valence-electron chi connectivity index (χ4n) is 1.97. The molecule has 0 radical (unpaired) electrons. The van der Waals surface area contributed by atoms with Crippen LogP contribution in [0.4, 0.5) is 0 Å². The lowest BCUT2D eigenvalue weighted by Gasteiger charge is -2.19. The van der Waals surface area contributed by atoms with Crippen LogP contribution in [-0.2, 0) is 16.1 Å². The highest BCUT2D eigenvalue weighted by atomic mass is 16.7. The second-order valence-corrected chi connectivity index (χ2v) is 4.30. The number of carbonyl (C=O) groups excluding carboxylic acids is 1. The van der Waals surface area contributed by atoms with Crippen molar-refractivity contribution in [2.75, 3.05) is 26.5 Å². The molecule has 0 fully saturated rings. The topological polar surface area (TPSA) is 48.0 Å². The molecule has 0 amide bonds. The van der Waals surface area contributed by atoms with E-state index >= 15 is 0 Å². The maximum atomic E-state index is 11.5. The number of esters is 1. The van der Waals surface area contributed by atoms with E-state index in [1.54, 1.807) is 0 Å². The lowest BCUT2D eigenvalue weighted by molar-refractivity contribution is -0.144. The lowest BCUT2D eigenvalue weighted by atomic mass is 10.2. The number of fused-ring (bicyclic) bond motifs is 1. The first-order valence-corrected chi connectivity index (χ1v) is 6.49. The molecule has 1 aromatic rings. The van der Waals surface area contributed by atoms with Gasteiger partial charge in [-0.1, -0.05) is 13.0 Å². The largest absolute Gasteiger partial charge is 0.465 e. The maximum absolute atomic E-state index is 11.5. The molecular formula is C14H19NO4. The Balaban J connectivity index is 1.96. The van der Waals surface area contributed by atoms with Crippen LogP contribution in [0.25, 0.3) is 0 Å². The first-order valence-electron chi connectivity index (χ1n) is 6.49. The molecular weight excluding hydrogens is 246 g/mol. The van der Waals surface area contributed by atoms with E-state index in [-0.39, 0.29) is 12.8 Å². The van der Waals surface area contributed by atoms with Crippen molar-refractivity contribution >= 4 is 5.97 Å². The number of rotatable bonds is 6. The normalized spacial score (nSPS) is 12.8. The minimum absolute atomic E-state index is 0.190. The van der Waals surface area contributed by atoms with Crippen LogP contribution < -0.4 is 9.47 Å². The van der Waals surface area contributed by atoms with Crippen molar-refractivity contribution in [3.8, 4) is 11.5 Å². The Bertz CT molecular complexity index is 447. The van der Waals surface area contributed by atoms with Crippen LogP contribution in [0.2, 0.25) is 0 Å². The molecule has 5 nitrogen and oxygen atoms in total. The summed E-state index contributed by atoms with van der Waals surface area (Å²) in [4.78, 5) is 13.5. The third kappa shape index (κ3) is 3.61. The Morgan fingerprint density at radius 1 is 1.32 bits per heavy atom. The molecule has 0 saturated heterocycles. The summed E-state index contributed by atoms with van der Waals surface area (Å²) in [5, 5.41) is 0. The summed E-state index contributed by atoms with van der Waals surface area (Å²) in [7, 11) is 0. The zero-order valence-corrected chi connectivity index (χ0v) is 11.3. The van der Waals surface area contributed by atoms with Gasteiger partial charge in [0.15, 0.2) is 11.5 Å². The highest BCUT2D eigenvalue weighted by Gasteiger charge is 2.15. The van der Waals surface area contributed by atoms with Crippen molar-refractivity contribution in [1.82, 2.24) is 4.90 Å². The van der Waals surface area contributed by atoms with Crippen LogP contribution in [0.15, 0.2) is 18.2 Å². The van der Waals surface area contributed by atoms with Crippen molar-refractivity contribution in [3.05, 3.63) is 23.8 Å². The average molecular weight is 265 g/mol. The van der Waals surface area contributed by atoms with Crippen molar-refractivity contribution in [3.63, 3.8) is 0 Å². The van der Waals surface area contributed by atoms with Gasteiger partial charge < -0.3 is 14.2 Å². The Hall–Kier alpha value is -1.75. The van der Waals surface area contributed by atoms with Gasteiger partial charge in [-0.2, -0.15) is 0 Å². The Morgan fingerprint density at radius 2 is 2.11 bits per heavy atom. The highest BCUT2D eigenvalue weighted by molar-refractivity contribution is 5.71. The summed E-state index contributed by atoms with van der Waals surface area (Å²) >= 11 is 0. The van der Waals surface area contributed by atoms with Crippen LogP contribution in [0.1, 0.15) is 19.4 Å². The summed E-state index contributed by atoms with van der Waals surface area (Å²) in [6.07, 6.45) is 0. The molecule has 1 aliphatic heterocycles. The molecule has 0 atom stereocenters. The second kappa shape index (κ2) is 6.43. The molecule has 0 spiro atoms. The van der Waals surface area contributed by atoms with Crippen LogP contribution in [-0.4, -0.2) is 37.4 Å². The molecule has 1 aromatic carbocycles. The molecule has 19 heavy (non-hydrogen) atoms. The second-order valence-electron chi connectivity index (χ2n) is 4.30. The van der Waals surface area contributed by atoms with E-state index in [0.29, 0.717) is 19.7 Å². The van der Waals surface area contributed by atoms with Gasteiger partial charge in [0.25, 0.3) is 0 Å². The number of hydrogen-bond donors (Lipinski definition) is 0. The van der Waals surface area contributed by atoms with Gasteiger partial charge >= 0.3 is 5.97 Å². The Labute approximate surface area is 113 Å². The van der Waals surface area contributed by atoms with Gasteiger partial charge in [0, 0.05) is 6.54 Å². The molecule has 1 aliphatic rings. The van der Waals surface area contributed by atoms with Gasteiger partial charge in [0.05, 0.1) is 13.2 Å². The van der Waals surface area contributed by atoms with E-state index in [2.05, 4.69) is 0 Å². The summed E-state index contributed by atoms with van der Waals surface area (Å²) in [5.41, 5.74) is 1.09. The van der Waals surface area contributed by atoms with Gasteiger partial charge in [-0.15, -0.1) is 0 Å². The first-order chi connectivity index (χ1) is 9.22. The smallest absolute Gasteiger partial charge is 0.320 e. The Morgan fingerprint density at radius 3 is 2.84 bits per heavy atom. The number of likely N-dealkylation sites (N-methyl/N-ethyl adjacent to an activating group) is 1. The summed E-state index contributed by atoms with van der Waals surface area (Å²) in [5.74, 6) is 1.35. The Kier molecular flexibility index (Phi) is 4.63. The molecule has 1 heterocycles. The number of ether oxygens (including phenoxy) is 3. The van der Waals surface area contributed by atoms with Crippen molar-refractivity contribution in [1.29, 1.82) is 0 Å². The molecule has 0 aromatic heterocycles. The molecule has 2 rings (SSSR count). The fourth-order valence-corrected chi connectivity index (χ4v) is 1.97.